The molecule has 0 bridgehead atoms. The molecule has 0 N–H and O–H groups in total. The van der Waals surface area contributed by atoms with Gasteiger partial charge in [-0.05, 0) is 36.4 Å². The van der Waals surface area contributed by atoms with Gasteiger partial charge in [0.25, 0.3) is 5.91 Å². The Balaban J connectivity index is 1.40. The van der Waals surface area contributed by atoms with Crippen LogP contribution in [0.2, 0.25) is 0 Å². The number of thiocarbonyl (C=S) groups is 1. The fraction of sp³-hybridized carbons (Fsp3) is 0.111. The molecule has 1 fully saturated rings. The highest BCUT2D eigenvalue weighted by molar-refractivity contribution is 8.27. The van der Waals surface area contributed by atoms with E-state index >= 15 is 0 Å². The van der Waals surface area contributed by atoms with Gasteiger partial charge >= 0.3 is 0 Å². The number of nitrogens with zero attached hydrogens (tertiary/aromatic N) is 2. The van der Waals surface area contributed by atoms with E-state index in [2.05, 4.69) is 22.9 Å². The number of hydrogen-bond acceptors (Lipinski definition) is 5. The Morgan fingerprint density at radius 2 is 1.65 bits per heavy atom. The van der Waals surface area contributed by atoms with Crippen LogP contribution >= 0.6 is 24.0 Å². The van der Waals surface area contributed by atoms with E-state index in [9.17, 15) is 4.79 Å². The predicted molar refractivity (Wildman–Crippen MR) is 143 cm³/mol. The number of benzene rings is 3. The third-order valence-corrected chi connectivity index (χ3v) is 6.88. The van der Waals surface area contributed by atoms with E-state index in [1.54, 1.807) is 12.0 Å². The molecule has 5 nitrogen and oxygen atoms in total. The molecule has 5 rings (SSSR count). The molecule has 0 radical (unpaired) electrons. The van der Waals surface area contributed by atoms with Crippen molar-refractivity contribution in [1.82, 2.24) is 4.57 Å². The van der Waals surface area contributed by atoms with E-state index in [1.165, 1.54) is 11.8 Å². The molecule has 4 aromatic rings. The molecule has 1 saturated heterocycles. The zero-order valence-corrected chi connectivity index (χ0v) is 20.1. The maximum Gasteiger partial charge on any atom is 0.270 e. The Morgan fingerprint density at radius 3 is 2.44 bits per heavy atom. The van der Waals surface area contributed by atoms with Crippen molar-refractivity contribution >= 4 is 56.9 Å². The lowest BCUT2D eigenvalue weighted by Crippen LogP contribution is -2.27. The number of rotatable bonds is 7. The van der Waals surface area contributed by atoms with Crippen molar-refractivity contribution in [3.8, 4) is 11.5 Å². The van der Waals surface area contributed by atoms with E-state index in [-0.39, 0.29) is 5.91 Å². The standard InChI is InChI=1S/C27H22N2O3S2/c1-31-23-13-7-8-14-24(23)32-16-15-28-18-19(21-11-5-6-12-22(21)28)17-25-26(30)29(27(33)34-25)20-9-3-2-4-10-20/h2-14,17-18H,15-16H2,1H3/b25-17-. The topological polar surface area (TPSA) is 43.7 Å². The lowest BCUT2D eigenvalue weighted by Gasteiger charge is -2.13. The van der Waals surface area contributed by atoms with Gasteiger partial charge in [-0.2, -0.15) is 0 Å². The second kappa shape index (κ2) is 9.75. The number of amides is 1. The van der Waals surface area contributed by atoms with E-state index in [4.69, 9.17) is 21.7 Å². The molecule has 3 aromatic carbocycles. The van der Waals surface area contributed by atoms with Gasteiger partial charge in [-0.3, -0.25) is 9.69 Å². The number of anilines is 1. The monoisotopic (exact) mass is 486 g/mol. The lowest BCUT2D eigenvalue weighted by molar-refractivity contribution is -0.113. The summed E-state index contributed by atoms with van der Waals surface area (Å²) in [4.78, 5) is 15.4. The van der Waals surface area contributed by atoms with Crippen LogP contribution in [0, 0.1) is 0 Å². The van der Waals surface area contributed by atoms with Crippen LogP contribution in [-0.2, 0) is 11.3 Å². The van der Waals surface area contributed by atoms with Crippen molar-refractivity contribution in [2.24, 2.45) is 0 Å². The van der Waals surface area contributed by atoms with Gasteiger partial charge in [-0.25, -0.2) is 0 Å². The molecule has 1 aliphatic heterocycles. The smallest absolute Gasteiger partial charge is 0.270 e. The summed E-state index contributed by atoms with van der Waals surface area (Å²) in [5, 5.41) is 1.07. The molecule has 170 valence electrons. The van der Waals surface area contributed by atoms with Gasteiger partial charge in [0.2, 0.25) is 0 Å². The Morgan fingerprint density at radius 1 is 0.941 bits per heavy atom. The average molecular weight is 487 g/mol. The number of methoxy groups -OCH3 is 1. The first-order chi connectivity index (χ1) is 16.7. The molecule has 1 amide bonds. The quantitative estimate of drug-likeness (QED) is 0.232. The number of thioether (sulfide) groups is 1. The molecule has 1 aromatic heterocycles. The van der Waals surface area contributed by atoms with Crippen LogP contribution in [0.15, 0.2) is 90.0 Å². The first kappa shape index (κ1) is 22.3. The van der Waals surface area contributed by atoms with Crippen LogP contribution in [0.1, 0.15) is 5.56 Å². The second-order valence-corrected chi connectivity index (χ2v) is 9.32. The summed E-state index contributed by atoms with van der Waals surface area (Å²) in [6.07, 6.45) is 3.99. The lowest BCUT2D eigenvalue weighted by atomic mass is 10.1. The van der Waals surface area contributed by atoms with Crippen LogP contribution in [0.25, 0.3) is 17.0 Å². The van der Waals surface area contributed by atoms with Crippen LogP contribution in [0.4, 0.5) is 5.69 Å². The highest BCUT2D eigenvalue weighted by atomic mass is 32.2. The van der Waals surface area contributed by atoms with Gasteiger partial charge in [0.15, 0.2) is 15.8 Å². The molecule has 0 aliphatic carbocycles. The number of hydrogen-bond donors (Lipinski definition) is 0. The largest absolute Gasteiger partial charge is 0.493 e. The van der Waals surface area contributed by atoms with Crippen molar-refractivity contribution in [3.63, 3.8) is 0 Å². The Labute approximate surface area is 207 Å². The van der Waals surface area contributed by atoms with Crippen molar-refractivity contribution in [2.45, 2.75) is 6.54 Å². The molecular formula is C27H22N2O3S2. The van der Waals surface area contributed by atoms with Gasteiger partial charge in [0.1, 0.15) is 6.61 Å². The third-order valence-electron chi connectivity index (χ3n) is 5.57. The van der Waals surface area contributed by atoms with Crippen molar-refractivity contribution < 1.29 is 14.3 Å². The summed E-state index contributed by atoms with van der Waals surface area (Å²) < 4.78 is 14.0. The maximum absolute atomic E-state index is 13.2. The first-order valence-corrected chi connectivity index (χ1v) is 12.0. The molecular weight excluding hydrogens is 464 g/mol. The molecule has 0 spiro atoms. The fourth-order valence-corrected chi connectivity index (χ4v) is 5.27. The van der Waals surface area contributed by atoms with E-state index < -0.39 is 0 Å². The van der Waals surface area contributed by atoms with Crippen molar-refractivity contribution in [1.29, 1.82) is 0 Å². The molecule has 1 aliphatic rings. The summed E-state index contributed by atoms with van der Waals surface area (Å²) in [6.45, 7) is 1.13. The van der Waals surface area contributed by atoms with Crippen LogP contribution in [-0.4, -0.2) is 28.5 Å². The minimum atomic E-state index is -0.0995. The third kappa shape index (κ3) is 4.32. The number of fused-ring (bicyclic) bond motifs is 1. The maximum atomic E-state index is 13.2. The summed E-state index contributed by atoms with van der Waals surface area (Å²) in [5.41, 5.74) is 2.83. The normalized spacial score (nSPS) is 14.9. The minimum absolute atomic E-state index is 0.0995. The van der Waals surface area contributed by atoms with E-state index in [1.807, 2.05) is 72.8 Å². The number of aromatic nitrogens is 1. The predicted octanol–water partition coefficient (Wildman–Crippen LogP) is 6.13. The molecule has 0 unspecified atom stereocenters. The number of carbonyl (C=O) groups is 1. The van der Waals surface area contributed by atoms with Crippen LogP contribution in [0.3, 0.4) is 0 Å². The van der Waals surface area contributed by atoms with Crippen LogP contribution < -0.4 is 14.4 Å². The Kier molecular flexibility index (Phi) is 6.38. The number of para-hydroxylation sites is 4. The van der Waals surface area contributed by atoms with E-state index in [0.29, 0.717) is 33.9 Å². The highest BCUT2D eigenvalue weighted by Crippen LogP contribution is 2.37. The summed E-state index contributed by atoms with van der Waals surface area (Å²) >= 11 is 6.84. The molecule has 34 heavy (non-hydrogen) atoms. The zero-order chi connectivity index (χ0) is 23.5. The summed E-state index contributed by atoms with van der Waals surface area (Å²) in [5.74, 6) is 1.32. The second-order valence-electron chi connectivity index (χ2n) is 7.65. The van der Waals surface area contributed by atoms with Gasteiger partial charge in [0.05, 0.1) is 24.2 Å². The van der Waals surface area contributed by atoms with Gasteiger partial charge < -0.3 is 14.0 Å². The molecule has 0 atom stereocenters. The zero-order valence-electron chi connectivity index (χ0n) is 18.5. The molecule has 7 heteroatoms. The highest BCUT2D eigenvalue weighted by Gasteiger charge is 2.33. The number of carbonyl (C=O) groups excluding carboxylic acids is 1. The van der Waals surface area contributed by atoms with E-state index in [0.717, 1.165) is 22.2 Å². The SMILES string of the molecule is COc1ccccc1OCCn1cc(/C=C2\SC(=S)N(c3ccccc3)C2=O)c2ccccc21. The summed E-state index contributed by atoms with van der Waals surface area (Å²) in [7, 11) is 1.63. The van der Waals surface area contributed by atoms with Crippen molar-refractivity contribution in [3.05, 3.63) is 95.5 Å². The molecule has 2 heterocycles. The average Bonchev–Trinajstić information content (AvgIpc) is 3.36. The Bertz CT molecular complexity index is 1400. The fourth-order valence-electron chi connectivity index (χ4n) is 3.98. The van der Waals surface area contributed by atoms with Gasteiger partial charge in [-0.1, -0.05) is 72.5 Å². The van der Waals surface area contributed by atoms with Crippen LogP contribution in [0.5, 0.6) is 11.5 Å². The number of ether oxygens (including phenoxy) is 2. The van der Waals surface area contributed by atoms with Crippen molar-refractivity contribution in [2.75, 3.05) is 18.6 Å². The van der Waals surface area contributed by atoms with Gasteiger partial charge in [0, 0.05) is 22.7 Å². The molecule has 0 saturated carbocycles. The summed E-state index contributed by atoms with van der Waals surface area (Å²) in [6, 6.07) is 25.3. The minimum Gasteiger partial charge on any atom is -0.493 e. The first-order valence-electron chi connectivity index (χ1n) is 10.8. The van der Waals surface area contributed by atoms with Gasteiger partial charge in [-0.15, -0.1) is 0 Å². The Hall–Kier alpha value is -3.55.